The van der Waals surface area contributed by atoms with Gasteiger partial charge in [0.05, 0.1) is 6.04 Å². The first-order valence-corrected chi connectivity index (χ1v) is 11.4. The molecule has 0 rings (SSSR count). The van der Waals surface area contributed by atoms with Crippen LogP contribution >= 0.6 is 0 Å². The molecule has 0 aliphatic heterocycles. The summed E-state index contributed by atoms with van der Waals surface area (Å²) in [6.45, 7) is 3.76. The van der Waals surface area contributed by atoms with Crippen molar-refractivity contribution in [3.05, 3.63) is 0 Å². The quantitative estimate of drug-likeness (QED) is 0.0935. The minimum absolute atomic E-state index is 0.289. The number of aliphatic carboxylic acids is 2. The van der Waals surface area contributed by atoms with Crippen molar-refractivity contribution >= 4 is 35.6 Å². The molecule has 4 amide bonds. The number of amides is 4. The molecule has 14 heteroatoms. The molecule has 11 N–H and O–H groups in total. The van der Waals surface area contributed by atoms with Crippen LogP contribution in [0.5, 0.6) is 0 Å². The van der Waals surface area contributed by atoms with Crippen LogP contribution in [0, 0.1) is 5.92 Å². The molecule has 0 aliphatic rings. The number of nitrogens with one attached hydrogen (secondary N) is 3. The summed E-state index contributed by atoms with van der Waals surface area (Å²) in [5.41, 5.74) is 16.3. The third kappa shape index (κ3) is 13.3. The van der Waals surface area contributed by atoms with E-state index in [-0.39, 0.29) is 19.3 Å². The third-order valence-corrected chi connectivity index (χ3v) is 5.13. The topological polar surface area (TPSA) is 257 Å². The predicted octanol–water partition coefficient (Wildman–Crippen LogP) is -2.23. The number of carboxylic acid groups (broad SMARTS) is 2. The van der Waals surface area contributed by atoms with Crippen molar-refractivity contribution in [2.75, 3.05) is 6.54 Å². The number of unbranched alkanes of at least 4 members (excludes halogenated alkanes) is 1. The van der Waals surface area contributed by atoms with Gasteiger partial charge in [0, 0.05) is 12.8 Å². The van der Waals surface area contributed by atoms with Crippen LogP contribution in [0.15, 0.2) is 0 Å². The largest absolute Gasteiger partial charge is 0.481 e. The molecule has 14 nitrogen and oxygen atoms in total. The van der Waals surface area contributed by atoms with Crippen LogP contribution in [0.25, 0.3) is 0 Å². The van der Waals surface area contributed by atoms with Crippen molar-refractivity contribution in [2.45, 2.75) is 83.0 Å². The fraction of sp³-hybridized carbons (Fsp3) is 0.714. The lowest BCUT2D eigenvalue weighted by atomic mass is 10.0. The average Bonchev–Trinajstić information content (AvgIpc) is 2.76. The average molecular weight is 503 g/mol. The van der Waals surface area contributed by atoms with Crippen LogP contribution < -0.4 is 33.2 Å². The number of carbonyl (C=O) groups excluding carboxylic acids is 4. The summed E-state index contributed by atoms with van der Waals surface area (Å²) in [6.07, 6.45) is 0.239. The van der Waals surface area contributed by atoms with E-state index in [1.54, 1.807) is 13.8 Å². The van der Waals surface area contributed by atoms with Crippen LogP contribution in [0.3, 0.4) is 0 Å². The van der Waals surface area contributed by atoms with E-state index in [1.807, 2.05) is 0 Å². The maximum Gasteiger partial charge on any atom is 0.326 e. The summed E-state index contributed by atoms with van der Waals surface area (Å²) in [5.74, 6) is -6.14. The smallest absolute Gasteiger partial charge is 0.326 e. The van der Waals surface area contributed by atoms with Gasteiger partial charge in [-0.15, -0.1) is 0 Å². The molecule has 0 radical (unpaired) electrons. The molecule has 0 spiro atoms. The van der Waals surface area contributed by atoms with E-state index >= 15 is 0 Å². The lowest BCUT2D eigenvalue weighted by molar-refractivity contribution is -0.143. The Labute approximate surface area is 203 Å². The van der Waals surface area contributed by atoms with Crippen molar-refractivity contribution in [3.63, 3.8) is 0 Å². The van der Waals surface area contributed by atoms with Gasteiger partial charge in [-0.3, -0.25) is 24.0 Å². The first-order chi connectivity index (χ1) is 16.3. The van der Waals surface area contributed by atoms with E-state index < -0.39 is 72.1 Å². The summed E-state index contributed by atoms with van der Waals surface area (Å²) >= 11 is 0. The predicted molar refractivity (Wildman–Crippen MR) is 124 cm³/mol. The van der Waals surface area contributed by atoms with Gasteiger partial charge in [-0.1, -0.05) is 20.3 Å². The number of carbonyl (C=O) groups is 6. The first kappa shape index (κ1) is 31.7. The molecule has 4 unspecified atom stereocenters. The van der Waals surface area contributed by atoms with Crippen LogP contribution in [-0.4, -0.2) is 76.5 Å². The first-order valence-electron chi connectivity index (χ1n) is 11.4. The van der Waals surface area contributed by atoms with E-state index in [0.29, 0.717) is 25.8 Å². The standard InChI is InChI=1S/C21H38N6O8/c1-11(2)17(27-18(31)12(23)5-3-4-10-22)20(33)25-13(7-9-16(29)30)19(32)26-14(21(34)35)6-8-15(24)28/h11-14,17H,3-10,22-23H2,1-2H3,(H2,24,28)(H,25,33)(H,26,32)(H,27,31)(H,29,30)(H,34,35). The Balaban J connectivity index is 5.43. The number of primary amides is 1. The molecule has 0 aromatic heterocycles. The van der Waals surface area contributed by atoms with Crippen molar-refractivity contribution in [1.82, 2.24) is 16.0 Å². The van der Waals surface area contributed by atoms with Crippen molar-refractivity contribution in [2.24, 2.45) is 23.1 Å². The van der Waals surface area contributed by atoms with Crippen LogP contribution in [-0.2, 0) is 28.8 Å². The van der Waals surface area contributed by atoms with Gasteiger partial charge in [-0.05, 0) is 38.1 Å². The Morgan fingerprint density at radius 3 is 1.83 bits per heavy atom. The van der Waals surface area contributed by atoms with E-state index in [9.17, 15) is 33.9 Å². The van der Waals surface area contributed by atoms with E-state index in [4.69, 9.17) is 22.3 Å². The summed E-state index contributed by atoms with van der Waals surface area (Å²) in [4.78, 5) is 71.5. The number of hydrogen-bond donors (Lipinski definition) is 8. The second-order valence-electron chi connectivity index (χ2n) is 8.52. The molecule has 0 fully saturated rings. The fourth-order valence-corrected chi connectivity index (χ4v) is 3.05. The van der Waals surface area contributed by atoms with Gasteiger partial charge in [-0.25, -0.2) is 4.79 Å². The molecule has 35 heavy (non-hydrogen) atoms. The Morgan fingerprint density at radius 1 is 0.771 bits per heavy atom. The normalized spacial score (nSPS) is 14.3. The number of rotatable bonds is 18. The van der Waals surface area contributed by atoms with E-state index in [2.05, 4.69) is 16.0 Å². The SMILES string of the molecule is CC(C)C(NC(=O)C(N)CCCCN)C(=O)NC(CCC(=O)O)C(=O)NC(CCC(N)=O)C(=O)O. The zero-order valence-electron chi connectivity index (χ0n) is 20.1. The van der Waals surface area contributed by atoms with Crippen LogP contribution in [0.1, 0.15) is 58.8 Å². The summed E-state index contributed by atoms with van der Waals surface area (Å²) in [6, 6.07) is -4.85. The van der Waals surface area contributed by atoms with Crippen LogP contribution in [0.2, 0.25) is 0 Å². The van der Waals surface area contributed by atoms with Gasteiger partial charge >= 0.3 is 11.9 Å². The van der Waals surface area contributed by atoms with Crippen LogP contribution in [0.4, 0.5) is 0 Å². The van der Waals surface area contributed by atoms with Crippen molar-refractivity contribution in [3.8, 4) is 0 Å². The fourth-order valence-electron chi connectivity index (χ4n) is 3.05. The highest BCUT2D eigenvalue weighted by atomic mass is 16.4. The number of carboxylic acids is 2. The maximum atomic E-state index is 12.9. The summed E-state index contributed by atoms with van der Waals surface area (Å²) in [5, 5.41) is 25.4. The zero-order valence-corrected chi connectivity index (χ0v) is 20.1. The molecule has 0 aromatic rings. The maximum absolute atomic E-state index is 12.9. The third-order valence-electron chi connectivity index (χ3n) is 5.13. The molecule has 0 heterocycles. The Hall–Kier alpha value is -3.26. The van der Waals surface area contributed by atoms with Gasteiger partial charge in [0.2, 0.25) is 23.6 Å². The van der Waals surface area contributed by atoms with Gasteiger partial charge in [0.1, 0.15) is 18.1 Å². The highest BCUT2D eigenvalue weighted by Crippen LogP contribution is 2.08. The van der Waals surface area contributed by atoms with Gasteiger partial charge < -0.3 is 43.4 Å². The lowest BCUT2D eigenvalue weighted by Crippen LogP contribution is -2.58. The zero-order chi connectivity index (χ0) is 27.1. The molecule has 0 saturated heterocycles. The molecule has 0 aliphatic carbocycles. The Bertz CT molecular complexity index is 760. The summed E-state index contributed by atoms with van der Waals surface area (Å²) in [7, 11) is 0. The monoisotopic (exact) mass is 502 g/mol. The van der Waals surface area contributed by atoms with E-state index in [0.717, 1.165) is 0 Å². The van der Waals surface area contributed by atoms with Gasteiger partial charge in [0.25, 0.3) is 0 Å². The molecule has 0 bridgehead atoms. The highest BCUT2D eigenvalue weighted by molar-refractivity contribution is 5.94. The van der Waals surface area contributed by atoms with Gasteiger partial charge in [-0.2, -0.15) is 0 Å². The second-order valence-corrected chi connectivity index (χ2v) is 8.52. The Kier molecular flexibility index (Phi) is 14.9. The number of nitrogens with two attached hydrogens (primary N) is 3. The van der Waals surface area contributed by atoms with E-state index in [1.165, 1.54) is 0 Å². The lowest BCUT2D eigenvalue weighted by Gasteiger charge is -2.27. The van der Waals surface area contributed by atoms with Gasteiger partial charge in [0.15, 0.2) is 0 Å². The van der Waals surface area contributed by atoms with Crippen molar-refractivity contribution in [1.29, 1.82) is 0 Å². The Morgan fingerprint density at radius 2 is 1.34 bits per heavy atom. The molecular weight excluding hydrogens is 464 g/mol. The molecular formula is C21H38N6O8. The molecule has 0 saturated carbocycles. The molecule has 0 aromatic carbocycles. The minimum atomic E-state index is -1.48. The molecule has 200 valence electrons. The molecule has 4 atom stereocenters. The highest BCUT2D eigenvalue weighted by Gasteiger charge is 2.32. The van der Waals surface area contributed by atoms with Crippen molar-refractivity contribution < 1.29 is 39.0 Å². The second kappa shape index (κ2) is 16.4. The summed E-state index contributed by atoms with van der Waals surface area (Å²) < 4.78 is 0. The minimum Gasteiger partial charge on any atom is -0.481 e. The number of hydrogen-bond acceptors (Lipinski definition) is 8.